The first-order chi connectivity index (χ1) is 15.5. The molecule has 1 aromatic heterocycles. The molecule has 0 unspecified atom stereocenters. The molecule has 0 aliphatic heterocycles. The zero-order chi connectivity index (χ0) is 24.2. The van der Waals surface area contributed by atoms with Gasteiger partial charge in [-0.25, -0.2) is 4.79 Å². The molecule has 0 aliphatic carbocycles. The number of carbonyl (C=O) groups excluding carboxylic acids is 2. The van der Waals surface area contributed by atoms with Gasteiger partial charge in [-0.15, -0.1) is 5.10 Å². The van der Waals surface area contributed by atoms with Crippen LogP contribution in [-0.4, -0.2) is 33.2 Å². The lowest BCUT2D eigenvalue weighted by Gasteiger charge is -2.10. The highest BCUT2D eigenvalue weighted by Gasteiger charge is 2.33. The number of carbonyl (C=O) groups is 2. The molecule has 172 valence electrons. The molecule has 0 atom stereocenters. The highest BCUT2D eigenvalue weighted by molar-refractivity contribution is 5.94. The summed E-state index contributed by atoms with van der Waals surface area (Å²) >= 11 is 0. The van der Waals surface area contributed by atoms with E-state index in [-0.39, 0.29) is 12.0 Å². The third kappa shape index (κ3) is 5.81. The van der Waals surface area contributed by atoms with E-state index in [0.29, 0.717) is 22.4 Å². The van der Waals surface area contributed by atoms with Crippen molar-refractivity contribution in [3.8, 4) is 11.5 Å². The Labute approximate surface area is 181 Å². The maximum atomic E-state index is 12.7. The molecule has 0 bridgehead atoms. The molecular formula is C19H13F3N4O7. The summed E-state index contributed by atoms with van der Waals surface area (Å²) in [6.07, 6.45) is -4.82. The van der Waals surface area contributed by atoms with Crippen LogP contribution in [-0.2, 0) is 27.0 Å². The number of rotatable bonds is 7. The summed E-state index contributed by atoms with van der Waals surface area (Å²) in [6, 6.07) is 9.88. The molecule has 1 heterocycles. The fourth-order valence-corrected chi connectivity index (χ4v) is 2.57. The summed E-state index contributed by atoms with van der Waals surface area (Å²) in [7, 11) is 0. The molecule has 0 saturated carbocycles. The number of nitro groups is 1. The Morgan fingerprint density at radius 3 is 2.52 bits per heavy atom. The first-order valence-electron chi connectivity index (χ1n) is 8.99. The van der Waals surface area contributed by atoms with E-state index in [1.54, 1.807) is 30.3 Å². The van der Waals surface area contributed by atoms with E-state index in [9.17, 15) is 37.7 Å². The van der Waals surface area contributed by atoms with Crippen molar-refractivity contribution in [2.24, 2.45) is 0 Å². The maximum Gasteiger partial charge on any atom is 0.437 e. The van der Waals surface area contributed by atoms with Crippen LogP contribution in [0.15, 0.2) is 57.7 Å². The number of hydrogen-bond donors (Lipinski definition) is 1. The Morgan fingerprint density at radius 2 is 1.88 bits per heavy atom. The molecular weight excluding hydrogens is 453 g/mol. The largest absolute Gasteiger partial charge is 0.454 e. The van der Waals surface area contributed by atoms with E-state index in [0.717, 1.165) is 0 Å². The number of anilines is 1. The number of ether oxygens (including phenoxy) is 1. The monoisotopic (exact) mass is 466 g/mol. The number of benzene rings is 2. The average molecular weight is 466 g/mol. The number of aromatic nitrogens is 2. The summed E-state index contributed by atoms with van der Waals surface area (Å²) in [5.41, 5.74) is -2.30. The van der Waals surface area contributed by atoms with Gasteiger partial charge in [-0.05, 0) is 24.3 Å². The van der Waals surface area contributed by atoms with Gasteiger partial charge in [-0.1, -0.05) is 18.2 Å². The minimum atomic E-state index is -4.82. The van der Waals surface area contributed by atoms with Crippen LogP contribution in [0.3, 0.4) is 0 Å². The Balaban J connectivity index is 1.60. The van der Waals surface area contributed by atoms with Crippen LogP contribution < -0.4 is 11.1 Å². The van der Waals surface area contributed by atoms with Gasteiger partial charge < -0.3 is 14.5 Å². The summed E-state index contributed by atoms with van der Waals surface area (Å²) in [5, 5.41) is 16.9. The molecule has 0 saturated heterocycles. The van der Waals surface area contributed by atoms with E-state index in [4.69, 9.17) is 4.42 Å². The highest BCUT2D eigenvalue weighted by Crippen LogP contribution is 2.34. The fraction of sp³-hybridized carbons (Fsp3) is 0.158. The van der Waals surface area contributed by atoms with Crippen LogP contribution in [0, 0.1) is 10.1 Å². The van der Waals surface area contributed by atoms with E-state index >= 15 is 0 Å². The Morgan fingerprint density at radius 1 is 1.18 bits per heavy atom. The van der Waals surface area contributed by atoms with Crippen LogP contribution in [0.5, 0.6) is 0 Å². The number of hydrogen-bond acceptors (Lipinski definition) is 8. The van der Waals surface area contributed by atoms with Crippen molar-refractivity contribution in [3.63, 3.8) is 0 Å². The lowest BCUT2D eigenvalue weighted by atomic mass is 10.1. The van der Waals surface area contributed by atoms with Crippen molar-refractivity contribution in [1.82, 2.24) is 9.78 Å². The third-order valence-electron chi connectivity index (χ3n) is 4.07. The van der Waals surface area contributed by atoms with E-state index < -0.39 is 58.8 Å². The van der Waals surface area contributed by atoms with Gasteiger partial charge in [0.25, 0.3) is 11.6 Å². The molecule has 0 aliphatic rings. The quantitative estimate of drug-likeness (QED) is 0.318. The number of nitrogens with one attached hydrogen (secondary N) is 1. The topological polar surface area (TPSA) is 147 Å². The third-order valence-corrected chi connectivity index (χ3v) is 4.07. The Kier molecular flexibility index (Phi) is 6.56. The van der Waals surface area contributed by atoms with E-state index in [1.165, 1.54) is 0 Å². The predicted molar refractivity (Wildman–Crippen MR) is 104 cm³/mol. The molecule has 0 fully saturated rings. The first-order valence-corrected chi connectivity index (χ1v) is 8.99. The van der Waals surface area contributed by atoms with Gasteiger partial charge in [0, 0.05) is 11.6 Å². The number of esters is 1. The minimum absolute atomic E-state index is 0.0410. The Hall–Kier alpha value is -4.49. The minimum Gasteiger partial charge on any atom is -0.454 e. The predicted octanol–water partition coefficient (Wildman–Crippen LogP) is 2.61. The fourth-order valence-electron chi connectivity index (χ4n) is 2.57. The lowest BCUT2D eigenvalue weighted by Crippen LogP contribution is -2.26. The van der Waals surface area contributed by atoms with Crippen molar-refractivity contribution in [2.45, 2.75) is 12.7 Å². The van der Waals surface area contributed by atoms with Gasteiger partial charge in [-0.2, -0.15) is 17.9 Å². The van der Waals surface area contributed by atoms with Crippen molar-refractivity contribution in [2.75, 3.05) is 11.9 Å². The smallest absolute Gasteiger partial charge is 0.437 e. The van der Waals surface area contributed by atoms with Gasteiger partial charge in [0.05, 0.1) is 10.5 Å². The molecule has 3 aromatic rings. The SMILES string of the molecule is O=C(COC(=O)Cn1nc(-c2ccccc2)oc1=O)Nc1ccc(C(F)(F)F)cc1[N+](=O)[O-]. The zero-order valence-corrected chi connectivity index (χ0v) is 16.4. The van der Waals surface area contributed by atoms with Gasteiger partial charge >= 0.3 is 17.9 Å². The lowest BCUT2D eigenvalue weighted by molar-refractivity contribution is -0.384. The first kappa shape index (κ1) is 23.2. The molecule has 33 heavy (non-hydrogen) atoms. The average Bonchev–Trinajstić information content (AvgIpc) is 3.12. The van der Waals surface area contributed by atoms with Crippen LogP contribution >= 0.6 is 0 Å². The summed E-state index contributed by atoms with van der Waals surface area (Å²) in [4.78, 5) is 45.6. The number of nitro benzene ring substituents is 1. The molecule has 2 aromatic carbocycles. The van der Waals surface area contributed by atoms with E-state index in [1.807, 2.05) is 5.32 Å². The highest BCUT2D eigenvalue weighted by atomic mass is 19.4. The molecule has 3 rings (SSSR count). The van der Waals surface area contributed by atoms with Crippen LogP contribution in [0.25, 0.3) is 11.5 Å². The second-order valence-corrected chi connectivity index (χ2v) is 6.39. The van der Waals surface area contributed by atoms with Crippen LogP contribution in [0.1, 0.15) is 5.56 Å². The van der Waals surface area contributed by atoms with Gasteiger partial charge in [0.15, 0.2) is 6.61 Å². The maximum absolute atomic E-state index is 12.7. The number of amides is 1. The molecule has 14 heteroatoms. The van der Waals surface area contributed by atoms with Crippen molar-refractivity contribution >= 4 is 23.3 Å². The second-order valence-electron chi connectivity index (χ2n) is 6.39. The molecule has 0 spiro atoms. The second kappa shape index (κ2) is 9.33. The van der Waals surface area contributed by atoms with Crippen molar-refractivity contribution in [3.05, 3.63) is 74.8 Å². The van der Waals surface area contributed by atoms with Crippen molar-refractivity contribution in [1.29, 1.82) is 0 Å². The molecule has 1 N–H and O–H groups in total. The van der Waals surface area contributed by atoms with Gasteiger partial charge in [-0.3, -0.25) is 19.7 Å². The number of halogens is 3. The van der Waals surface area contributed by atoms with Crippen molar-refractivity contribution < 1.29 is 36.8 Å². The summed E-state index contributed by atoms with van der Waals surface area (Å²) < 4.78 is 48.5. The molecule has 11 nitrogen and oxygen atoms in total. The Bertz CT molecular complexity index is 1250. The van der Waals surface area contributed by atoms with Crippen LogP contribution in [0.4, 0.5) is 24.5 Å². The van der Waals surface area contributed by atoms with E-state index in [2.05, 4.69) is 9.84 Å². The van der Waals surface area contributed by atoms with Crippen LogP contribution in [0.2, 0.25) is 0 Å². The van der Waals surface area contributed by atoms with Gasteiger partial charge in [0.1, 0.15) is 12.2 Å². The summed E-state index contributed by atoms with van der Waals surface area (Å²) in [5.74, 6) is -3.10. The zero-order valence-electron chi connectivity index (χ0n) is 16.4. The molecule has 0 radical (unpaired) electrons. The summed E-state index contributed by atoms with van der Waals surface area (Å²) in [6.45, 7) is -1.61. The number of nitrogens with zero attached hydrogens (tertiary/aromatic N) is 3. The molecule has 1 amide bonds. The normalized spacial score (nSPS) is 11.1. The number of alkyl halides is 3. The standard InChI is InChI=1S/C19H13F3N4O7/c20-19(21,22)12-6-7-13(14(8-12)26(30)31)23-15(27)10-32-16(28)9-25-18(29)33-17(24-25)11-4-2-1-3-5-11/h1-8H,9-10H2,(H,23,27). The van der Waals surface area contributed by atoms with Gasteiger partial charge in [0.2, 0.25) is 5.89 Å².